The van der Waals surface area contributed by atoms with E-state index in [1.807, 2.05) is 17.9 Å². The zero-order chi connectivity index (χ0) is 30.6. The van der Waals surface area contributed by atoms with E-state index < -0.39 is 10.0 Å². The van der Waals surface area contributed by atoms with Crippen molar-refractivity contribution in [1.82, 2.24) is 24.1 Å². The van der Waals surface area contributed by atoms with Crippen LogP contribution in [-0.4, -0.2) is 108 Å². The molecule has 1 aliphatic carbocycles. The molecule has 3 atom stereocenters. The second-order valence-electron chi connectivity index (χ2n) is 12.4. The number of anilines is 1. The summed E-state index contributed by atoms with van der Waals surface area (Å²) in [6, 6.07) is 0.488. The molecule has 5 rings (SSSR count). The van der Waals surface area contributed by atoms with Crippen LogP contribution in [0.25, 0.3) is 0 Å². The number of likely N-dealkylation sites (tertiary alicyclic amines) is 2. The molecule has 1 aromatic rings. The van der Waals surface area contributed by atoms with Gasteiger partial charge in [-0.3, -0.25) is 4.79 Å². The van der Waals surface area contributed by atoms with E-state index in [2.05, 4.69) is 32.3 Å². The van der Waals surface area contributed by atoms with Crippen molar-refractivity contribution in [2.75, 3.05) is 50.8 Å². The molecule has 0 aromatic carbocycles. The van der Waals surface area contributed by atoms with Crippen molar-refractivity contribution in [3.05, 3.63) is 40.8 Å². The monoisotopic (exact) mass is 634 g/mol. The highest BCUT2D eigenvalue weighted by molar-refractivity contribution is 7.89. The Hall–Kier alpha value is -2.05. The Morgan fingerprint density at radius 1 is 1.12 bits per heavy atom. The number of sulfonamides is 1. The van der Waals surface area contributed by atoms with E-state index in [1.165, 1.54) is 6.33 Å². The van der Waals surface area contributed by atoms with Gasteiger partial charge in [-0.2, -0.15) is 0 Å². The molecule has 10 nitrogen and oxygen atoms in total. The second kappa shape index (κ2) is 14.4. The van der Waals surface area contributed by atoms with Gasteiger partial charge in [0.25, 0.3) is 5.91 Å². The number of hydrogen-bond donors (Lipinski definition) is 1. The second-order valence-corrected chi connectivity index (χ2v) is 15.1. The number of carbonyl (C=O) groups excluding carboxylic acids is 1. The van der Waals surface area contributed by atoms with Crippen molar-refractivity contribution >= 4 is 33.3 Å². The van der Waals surface area contributed by atoms with E-state index in [1.54, 1.807) is 18.3 Å². The highest BCUT2D eigenvalue weighted by Gasteiger charge is 2.34. The van der Waals surface area contributed by atoms with Crippen LogP contribution in [0.4, 0.5) is 5.82 Å². The van der Waals surface area contributed by atoms with E-state index in [0.29, 0.717) is 43.1 Å². The SMILES string of the molecule is CCS(=O)(=O)N(C)C1CCN(C2CCN(C(=O)c3ncnc(NC[C@H]4CCC[C@@H](C5C=CC(Cl)=CC5)O4)c3C)CC2)CC1. The molecule has 3 fully saturated rings. The van der Waals surface area contributed by atoms with E-state index in [0.717, 1.165) is 75.1 Å². The van der Waals surface area contributed by atoms with Crippen molar-refractivity contribution in [1.29, 1.82) is 0 Å². The standard InChI is InChI=1S/C31H47ClN6O4S/c1-4-43(40,41)36(3)25-12-16-37(17-13-25)26-14-18-38(19-15-26)31(39)29-22(2)30(35-21-34-29)33-20-27-6-5-7-28(42-27)23-8-10-24(32)11-9-23/h8,10-11,21,23,25-28H,4-7,9,12-20H2,1-3H3,(H,33,34,35)/t23?,27-,28+/m1/s1. The van der Waals surface area contributed by atoms with Gasteiger partial charge in [0, 0.05) is 55.3 Å². The van der Waals surface area contributed by atoms with Gasteiger partial charge in [-0.25, -0.2) is 22.7 Å². The molecular formula is C31H47ClN6O4S. The number of carbonyl (C=O) groups is 1. The molecule has 1 N–H and O–H groups in total. The molecule has 0 spiro atoms. The first-order chi connectivity index (χ1) is 20.7. The Morgan fingerprint density at radius 2 is 1.86 bits per heavy atom. The minimum absolute atomic E-state index is 0.0451. The van der Waals surface area contributed by atoms with Crippen molar-refractivity contribution in [3.63, 3.8) is 0 Å². The first kappa shape index (κ1) is 32.3. The summed E-state index contributed by atoms with van der Waals surface area (Å²) < 4.78 is 32.6. The van der Waals surface area contributed by atoms with Crippen LogP contribution in [0, 0.1) is 12.8 Å². The molecule has 3 aliphatic heterocycles. The number of piperidine rings is 2. The van der Waals surface area contributed by atoms with Gasteiger partial charge in [-0.05, 0) is 84.4 Å². The van der Waals surface area contributed by atoms with Crippen LogP contribution in [-0.2, 0) is 14.8 Å². The molecule has 12 heteroatoms. The highest BCUT2D eigenvalue weighted by atomic mass is 35.5. The topological polar surface area (TPSA) is 108 Å². The van der Waals surface area contributed by atoms with Crippen LogP contribution >= 0.6 is 11.6 Å². The maximum absolute atomic E-state index is 13.5. The summed E-state index contributed by atoms with van der Waals surface area (Å²) in [6.45, 7) is 7.40. The van der Waals surface area contributed by atoms with E-state index in [9.17, 15) is 13.2 Å². The van der Waals surface area contributed by atoms with E-state index in [4.69, 9.17) is 16.3 Å². The summed E-state index contributed by atoms with van der Waals surface area (Å²) in [5.74, 6) is 1.14. The molecule has 0 radical (unpaired) electrons. The van der Waals surface area contributed by atoms with Crippen LogP contribution < -0.4 is 5.32 Å². The lowest BCUT2D eigenvalue weighted by atomic mass is 9.89. The zero-order valence-corrected chi connectivity index (χ0v) is 27.3. The molecule has 238 valence electrons. The number of rotatable bonds is 9. The number of amides is 1. The average molecular weight is 635 g/mol. The molecular weight excluding hydrogens is 588 g/mol. The van der Waals surface area contributed by atoms with Gasteiger partial charge in [0.1, 0.15) is 17.8 Å². The summed E-state index contributed by atoms with van der Waals surface area (Å²) in [6.07, 6.45) is 15.6. The maximum atomic E-state index is 13.5. The quantitative estimate of drug-likeness (QED) is 0.431. The normalized spacial score (nSPS) is 26.5. The lowest BCUT2D eigenvalue weighted by molar-refractivity contribution is -0.0615. The van der Waals surface area contributed by atoms with Gasteiger partial charge in [-0.1, -0.05) is 23.8 Å². The molecule has 0 saturated carbocycles. The molecule has 0 bridgehead atoms. The zero-order valence-electron chi connectivity index (χ0n) is 25.8. The molecule has 43 heavy (non-hydrogen) atoms. The Balaban J connectivity index is 1.10. The van der Waals surface area contributed by atoms with E-state index >= 15 is 0 Å². The summed E-state index contributed by atoms with van der Waals surface area (Å²) in [7, 11) is -1.45. The van der Waals surface area contributed by atoms with Crippen LogP contribution in [0.3, 0.4) is 0 Å². The minimum atomic E-state index is -3.17. The molecule has 4 heterocycles. The van der Waals surface area contributed by atoms with Crippen LogP contribution in [0.2, 0.25) is 0 Å². The van der Waals surface area contributed by atoms with Gasteiger partial charge in [0.2, 0.25) is 10.0 Å². The maximum Gasteiger partial charge on any atom is 0.272 e. The van der Waals surface area contributed by atoms with Gasteiger partial charge >= 0.3 is 0 Å². The van der Waals surface area contributed by atoms with Gasteiger partial charge in [0.15, 0.2) is 0 Å². The van der Waals surface area contributed by atoms with Gasteiger partial charge in [0.05, 0.1) is 18.0 Å². The van der Waals surface area contributed by atoms with Crippen LogP contribution in [0.1, 0.15) is 74.3 Å². The fourth-order valence-electron chi connectivity index (χ4n) is 6.97. The Morgan fingerprint density at radius 3 is 2.53 bits per heavy atom. The van der Waals surface area contributed by atoms with Crippen molar-refractivity contribution in [2.24, 2.45) is 5.92 Å². The van der Waals surface area contributed by atoms with Gasteiger partial charge < -0.3 is 19.9 Å². The predicted molar refractivity (Wildman–Crippen MR) is 170 cm³/mol. The van der Waals surface area contributed by atoms with Crippen molar-refractivity contribution in [3.8, 4) is 0 Å². The predicted octanol–water partition coefficient (Wildman–Crippen LogP) is 4.18. The Labute approximate surface area is 261 Å². The highest BCUT2D eigenvalue weighted by Crippen LogP contribution is 2.31. The Bertz CT molecular complexity index is 1290. The third-order valence-electron chi connectivity index (χ3n) is 9.82. The first-order valence-corrected chi connectivity index (χ1v) is 17.9. The van der Waals surface area contributed by atoms with Gasteiger partial charge in [-0.15, -0.1) is 0 Å². The summed E-state index contributed by atoms with van der Waals surface area (Å²) in [4.78, 5) is 26.8. The molecule has 1 amide bonds. The summed E-state index contributed by atoms with van der Waals surface area (Å²) in [5.41, 5.74) is 1.22. The average Bonchev–Trinajstić information content (AvgIpc) is 3.04. The fourth-order valence-corrected chi connectivity index (χ4v) is 8.20. The molecule has 1 aromatic heterocycles. The fraction of sp³-hybridized carbons (Fsp3) is 0.710. The molecule has 1 unspecified atom stereocenters. The largest absolute Gasteiger partial charge is 0.373 e. The number of nitrogens with one attached hydrogen (secondary N) is 1. The minimum Gasteiger partial charge on any atom is -0.373 e. The number of nitrogens with zero attached hydrogens (tertiary/aromatic N) is 5. The number of halogens is 1. The third kappa shape index (κ3) is 7.79. The van der Waals surface area contributed by atoms with Crippen molar-refractivity contribution in [2.45, 2.75) is 89.5 Å². The Kier molecular flexibility index (Phi) is 10.8. The number of allylic oxidation sites excluding steroid dienone is 3. The van der Waals surface area contributed by atoms with E-state index in [-0.39, 0.29) is 29.9 Å². The first-order valence-electron chi connectivity index (χ1n) is 15.9. The summed E-state index contributed by atoms with van der Waals surface area (Å²) >= 11 is 6.10. The lowest BCUT2D eigenvalue weighted by Crippen LogP contribution is -2.52. The molecule has 4 aliphatic rings. The lowest BCUT2D eigenvalue weighted by Gasteiger charge is -2.43. The third-order valence-corrected chi connectivity index (χ3v) is 12.0. The van der Waals surface area contributed by atoms with Crippen molar-refractivity contribution < 1.29 is 17.9 Å². The summed E-state index contributed by atoms with van der Waals surface area (Å²) in [5, 5.41) is 4.24. The molecule has 3 saturated heterocycles. The van der Waals surface area contributed by atoms with Crippen LogP contribution in [0.15, 0.2) is 29.6 Å². The smallest absolute Gasteiger partial charge is 0.272 e. The number of hydrogen-bond acceptors (Lipinski definition) is 8. The van der Waals surface area contributed by atoms with Crippen LogP contribution in [0.5, 0.6) is 0 Å². The number of aromatic nitrogens is 2. The number of ether oxygens (including phenoxy) is 1.